The van der Waals surface area contributed by atoms with E-state index in [1.165, 1.54) is 48.6 Å². The fourth-order valence-electron chi connectivity index (χ4n) is 4.57. The fourth-order valence-corrected chi connectivity index (χ4v) is 4.84. The van der Waals surface area contributed by atoms with Crippen molar-refractivity contribution < 1.29 is 0 Å². The van der Waals surface area contributed by atoms with Crippen LogP contribution in [0, 0.1) is 23.7 Å². The van der Waals surface area contributed by atoms with Crippen LogP contribution >= 0.6 is 15.9 Å². The molecule has 1 nitrogen and oxygen atoms in total. The molecule has 110 valence electrons. The van der Waals surface area contributed by atoms with Gasteiger partial charge >= 0.3 is 0 Å². The van der Waals surface area contributed by atoms with E-state index in [2.05, 4.69) is 52.6 Å². The summed E-state index contributed by atoms with van der Waals surface area (Å²) in [4.78, 5) is 0. The van der Waals surface area contributed by atoms with E-state index in [1.54, 1.807) is 0 Å². The maximum absolute atomic E-state index is 3.52. The van der Waals surface area contributed by atoms with Crippen LogP contribution in [-0.4, -0.2) is 13.6 Å². The minimum atomic E-state index is 0.797. The maximum atomic E-state index is 3.52. The van der Waals surface area contributed by atoms with Crippen molar-refractivity contribution in [2.75, 3.05) is 13.6 Å². The zero-order valence-corrected chi connectivity index (χ0v) is 14.0. The molecule has 2 saturated carbocycles. The second-order valence-electron chi connectivity index (χ2n) is 6.92. The summed E-state index contributed by atoms with van der Waals surface area (Å²) in [6, 6.07) is 8.88. The Morgan fingerprint density at radius 3 is 2.60 bits per heavy atom. The summed E-state index contributed by atoms with van der Waals surface area (Å²) in [6.45, 7) is 1.16. The van der Waals surface area contributed by atoms with Crippen molar-refractivity contribution in [2.24, 2.45) is 23.7 Å². The van der Waals surface area contributed by atoms with Crippen molar-refractivity contribution in [3.05, 3.63) is 34.3 Å². The van der Waals surface area contributed by atoms with Crippen LogP contribution in [0.4, 0.5) is 0 Å². The van der Waals surface area contributed by atoms with E-state index < -0.39 is 0 Å². The number of hydrogen-bond acceptors (Lipinski definition) is 1. The highest BCUT2D eigenvalue weighted by atomic mass is 79.9. The summed E-state index contributed by atoms with van der Waals surface area (Å²) in [5.41, 5.74) is 1.48. The molecule has 2 heteroatoms. The van der Waals surface area contributed by atoms with Gasteiger partial charge in [-0.1, -0.05) is 34.5 Å². The largest absolute Gasteiger partial charge is 0.319 e. The molecule has 0 aliphatic heterocycles. The van der Waals surface area contributed by atoms with Gasteiger partial charge in [-0.25, -0.2) is 0 Å². The summed E-state index contributed by atoms with van der Waals surface area (Å²) in [7, 11) is 2.09. The smallest absolute Gasteiger partial charge is 0.0175 e. The zero-order valence-electron chi connectivity index (χ0n) is 12.4. The average molecular weight is 336 g/mol. The summed E-state index contributed by atoms with van der Waals surface area (Å²) in [6.07, 6.45) is 8.74. The van der Waals surface area contributed by atoms with Gasteiger partial charge in [0.1, 0.15) is 0 Å². The molecule has 0 radical (unpaired) electrons. The van der Waals surface area contributed by atoms with E-state index in [0.29, 0.717) is 0 Å². The predicted molar refractivity (Wildman–Crippen MR) is 88.8 cm³/mol. The number of halogens is 1. The lowest BCUT2D eigenvalue weighted by molar-refractivity contribution is 0.263. The van der Waals surface area contributed by atoms with Gasteiger partial charge in [-0.15, -0.1) is 0 Å². The van der Waals surface area contributed by atoms with Crippen molar-refractivity contribution >= 4 is 15.9 Å². The lowest BCUT2D eigenvalue weighted by atomic mass is 9.80. The van der Waals surface area contributed by atoms with E-state index in [9.17, 15) is 0 Å². The molecule has 2 bridgehead atoms. The molecule has 0 spiro atoms. The molecule has 4 unspecified atom stereocenters. The van der Waals surface area contributed by atoms with Crippen LogP contribution in [0.2, 0.25) is 0 Å². The number of rotatable bonds is 6. The van der Waals surface area contributed by atoms with Gasteiger partial charge in [0.05, 0.1) is 0 Å². The maximum Gasteiger partial charge on any atom is 0.0175 e. The molecular weight excluding hydrogens is 310 g/mol. The van der Waals surface area contributed by atoms with Crippen molar-refractivity contribution in [3.63, 3.8) is 0 Å². The van der Waals surface area contributed by atoms with Crippen LogP contribution < -0.4 is 5.32 Å². The van der Waals surface area contributed by atoms with E-state index in [0.717, 1.165) is 30.2 Å². The third kappa shape index (κ3) is 3.46. The highest BCUT2D eigenvalue weighted by Gasteiger charge is 2.39. The molecule has 1 N–H and O–H groups in total. The second-order valence-corrected chi connectivity index (χ2v) is 7.84. The summed E-state index contributed by atoms with van der Waals surface area (Å²) in [5.74, 6) is 3.95. The van der Waals surface area contributed by atoms with Gasteiger partial charge in [0.2, 0.25) is 0 Å². The van der Waals surface area contributed by atoms with Crippen LogP contribution in [0.3, 0.4) is 0 Å². The third-order valence-corrected chi connectivity index (χ3v) is 5.98. The van der Waals surface area contributed by atoms with E-state index in [1.807, 2.05) is 0 Å². The molecule has 0 aromatic heterocycles. The second kappa shape index (κ2) is 6.62. The first kappa shape index (κ1) is 14.6. The number of benzene rings is 1. The van der Waals surface area contributed by atoms with Crippen LogP contribution in [0.1, 0.15) is 37.7 Å². The monoisotopic (exact) mass is 335 g/mol. The van der Waals surface area contributed by atoms with Crippen LogP contribution in [0.15, 0.2) is 28.7 Å². The van der Waals surface area contributed by atoms with Gasteiger partial charge in [-0.3, -0.25) is 0 Å². The Labute approximate surface area is 131 Å². The molecule has 1 aromatic carbocycles. The average Bonchev–Trinajstić information content (AvgIpc) is 3.04. The quantitative estimate of drug-likeness (QED) is 0.797. The highest BCUT2D eigenvalue weighted by molar-refractivity contribution is 9.10. The fraction of sp³-hybridized carbons (Fsp3) is 0.667. The predicted octanol–water partition coefficient (Wildman–Crippen LogP) is 4.65. The summed E-state index contributed by atoms with van der Waals surface area (Å²) < 4.78 is 1.18. The molecule has 20 heavy (non-hydrogen) atoms. The van der Waals surface area contributed by atoms with Crippen LogP contribution in [0.5, 0.6) is 0 Å². The van der Waals surface area contributed by atoms with Gasteiger partial charge in [-0.05, 0) is 87.1 Å². The normalized spacial score (nSPS) is 29.8. The SMILES string of the molecule is CNCC(Cc1ccc(Br)cc1)CC1CC2CCC1C2. The first-order valence-electron chi connectivity index (χ1n) is 8.13. The van der Waals surface area contributed by atoms with E-state index in [4.69, 9.17) is 0 Å². The molecular formula is C18H26BrN. The van der Waals surface area contributed by atoms with E-state index >= 15 is 0 Å². The van der Waals surface area contributed by atoms with Crippen molar-refractivity contribution in [1.29, 1.82) is 0 Å². The summed E-state index contributed by atoms with van der Waals surface area (Å²) >= 11 is 3.52. The Morgan fingerprint density at radius 2 is 2.00 bits per heavy atom. The molecule has 3 rings (SSSR count). The Morgan fingerprint density at radius 1 is 1.20 bits per heavy atom. The Bertz CT molecular complexity index is 428. The number of hydrogen-bond donors (Lipinski definition) is 1. The van der Waals surface area contributed by atoms with Crippen molar-refractivity contribution in [2.45, 2.75) is 38.5 Å². The van der Waals surface area contributed by atoms with Gasteiger partial charge in [0.15, 0.2) is 0 Å². The van der Waals surface area contributed by atoms with E-state index in [-0.39, 0.29) is 0 Å². The lowest BCUT2D eigenvalue weighted by Crippen LogP contribution is -2.25. The molecule has 1 aromatic rings. The van der Waals surface area contributed by atoms with Crippen molar-refractivity contribution in [1.82, 2.24) is 5.32 Å². The number of nitrogens with one attached hydrogen (secondary N) is 1. The minimum Gasteiger partial charge on any atom is -0.319 e. The lowest BCUT2D eigenvalue weighted by Gasteiger charge is -2.27. The Hall–Kier alpha value is -0.340. The topological polar surface area (TPSA) is 12.0 Å². The zero-order chi connectivity index (χ0) is 13.9. The molecule has 2 aliphatic carbocycles. The standard InChI is InChI=1S/C18H26BrN/c1-20-12-15(8-13-3-6-18(19)7-4-13)11-17-10-14-2-5-16(17)9-14/h3-4,6-7,14-17,20H,2,5,8-12H2,1H3. The molecule has 0 amide bonds. The molecule has 0 saturated heterocycles. The van der Waals surface area contributed by atoms with Crippen LogP contribution in [0.25, 0.3) is 0 Å². The molecule has 2 aliphatic rings. The molecule has 2 fully saturated rings. The highest BCUT2D eigenvalue weighted by Crippen LogP contribution is 2.50. The van der Waals surface area contributed by atoms with Gasteiger partial charge in [0.25, 0.3) is 0 Å². The third-order valence-electron chi connectivity index (χ3n) is 5.45. The van der Waals surface area contributed by atoms with Gasteiger partial charge in [-0.2, -0.15) is 0 Å². The Balaban J connectivity index is 1.59. The molecule has 0 heterocycles. The first-order chi connectivity index (χ1) is 9.74. The van der Waals surface area contributed by atoms with Gasteiger partial charge in [0, 0.05) is 4.47 Å². The Kier molecular flexibility index (Phi) is 4.83. The van der Waals surface area contributed by atoms with Crippen molar-refractivity contribution in [3.8, 4) is 0 Å². The summed E-state index contributed by atoms with van der Waals surface area (Å²) in [5, 5.41) is 3.41. The molecule has 4 atom stereocenters. The number of fused-ring (bicyclic) bond motifs is 2. The minimum absolute atomic E-state index is 0.797. The van der Waals surface area contributed by atoms with Crippen LogP contribution in [-0.2, 0) is 6.42 Å². The first-order valence-corrected chi connectivity index (χ1v) is 8.93. The van der Waals surface area contributed by atoms with Gasteiger partial charge < -0.3 is 5.32 Å².